The minimum Gasteiger partial charge on any atom is -0.293 e. The van der Waals surface area contributed by atoms with Gasteiger partial charge in [0.05, 0.1) is 0 Å². The lowest BCUT2D eigenvalue weighted by Crippen LogP contribution is -2.06. The second-order valence-corrected chi connectivity index (χ2v) is 7.55. The predicted molar refractivity (Wildman–Crippen MR) is 62.7 cm³/mol. The topological polar surface area (TPSA) is 30.0 Å². The summed E-state index contributed by atoms with van der Waals surface area (Å²) in [6, 6.07) is 0. The van der Waals surface area contributed by atoms with E-state index in [4.69, 9.17) is 11.6 Å². The van der Waals surface area contributed by atoms with Crippen molar-refractivity contribution in [2.75, 3.05) is 0 Å². The molecule has 1 aromatic rings. The third-order valence-electron chi connectivity index (χ3n) is 1.29. The lowest BCUT2D eigenvalue weighted by Gasteiger charge is -2.14. The molecule has 1 rings (SSSR count). The third-order valence-corrected chi connectivity index (χ3v) is 3.72. The zero-order chi connectivity index (χ0) is 10.9. The van der Waals surface area contributed by atoms with Crippen molar-refractivity contribution in [2.24, 2.45) is 0 Å². The van der Waals surface area contributed by atoms with Gasteiger partial charge in [0.2, 0.25) is 0 Å². The van der Waals surface area contributed by atoms with E-state index in [1.54, 1.807) is 11.8 Å². The van der Waals surface area contributed by atoms with E-state index in [-0.39, 0.29) is 10.5 Å². The van der Waals surface area contributed by atoms with Crippen molar-refractivity contribution in [1.29, 1.82) is 0 Å². The normalized spacial score (nSPS) is 11.8. The van der Waals surface area contributed by atoms with Crippen molar-refractivity contribution in [3.63, 3.8) is 0 Å². The Morgan fingerprint density at radius 2 is 2.07 bits per heavy atom. The van der Waals surface area contributed by atoms with Crippen molar-refractivity contribution in [3.05, 3.63) is 10.0 Å². The number of nitrogens with zero attached hydrogens (tertiary/aromatic N) is 1. The molecule has 0 amide bonds. The number of rotatable bonds is 2. The van der Waals surface area contributed by atoms with Gasteiger partial charge in [0.25, 0.3) is 0 Å². The van der Waals surface area contributed by atoms with Gasteiger partial charge in [0, 0.05) is 11.7 Å². The van der Waals surface area contributed by atoms with Gasteiger partial charge in [-0.15, -0.1) is 0 Å². The van der Waals surface area contributed by atoms with Crippen LogP contribution < -0.4 is 0 Å². The van der Waals surface area contributed by atoms with Gasteiger partial charge in [-0.2, -0.15) is 0 Å². The van der Waals surface area contributed by atoms with Crippen LogP contribution in [0.2, 0.25) is 4.34 Å². The summed E-state index contributed by atoms with van der Waals surface area (Å²) < 4.78 is 1.44. The first-order valence-corrected chi connectivity index (χ1v) is 6.17. The third kappa shape index (κ3) is 3.26. The van der Waals surface area contributed by atoms with Crippen LogP contribution in [0.4, 0.5) is 0 Å². The minimum absolute atomic E-state index is 0.0768. The van der Waals surface area contributed by atoms with E-state index in [0.717, 1.165) is 4.34 Å². The summed E-state index contributed by atoms with van der Waals surface area (Å²) in [4.78, 5) is 15.3. The number of hydrogen-bond acceptors (Lipinski definition) is 4. The average Bonchev–Trinajstić information content (AvgIpc) is 2.26. The number of thiazole rings is 1. The fraction of sp³-hybridized carbons (Fsp3) is 0.556. The maximum atomic E-state index is 11.1. The lowest BCUT2D eigenvalue weighted by atomic mass is 10.3. The minimum atomic E-state index is -0.0768. The summed E-state index contributed by atoms with van der Waals surface area (Å²) >= 11 is 8.88. The van der Waals surface area contributed by atoms with Crippen LogP contribution in [0, 0.1) is 0 Å². The highest BCUT2D eigenvalue weighted by molar-refractivity contribution is 8.02. The molecule has 14 heavy (non-hydrogen) atoms. The van der Waals surface area contributed by atoms with Gasteiger partial charge in [-0.1, -0.05) is 55.5 Å². The zero-order valence-electron chi connectivity index (χ0n) is 8.55. The average molecular weight is 250 g/mol. The van der Waals surface area contributed by atoms with Crippen LogP contribution in [0.1, 0.15) is 38.2 Å². The van der Waals surface area contributed by atoms with Crippen LogP contribution >= 0.6 is 34.7 Å². The molecule has 78 valence electrons. The molecule has 5 heteroatoms. The Hall–Kier alpha value is -0.0600. The maximum absolute atomic E-state index is 11.1. The highest BCUT2D eigenvalue weighted by Gasteiger charge is 2.18. The molecule has 0 spiro atoms. The van der Waals surface area contributed by atoms with Crippen LogP contribution in [-0.4, -0.2) is 15.5 Å². The first-order valence-electron chi connectivity index (χ1n) is 4.16. The van der Waals surface area contributed by atoms with Crippen LogP contribution in [-0.2, 0) is 0 Å². The van der Waals surface area contributed by atoms with Crippen LogP contribution in [0.5, 0.6) is 0 Å². The number of halogens is 1. The number of carbonyl (C=O) groups is 1. The number of ketones is 1. The number of carbonyl (C=O) groups excluding carboxylic acids is 1. The highest BCUT2D eigenvalue weighted by Crippen LogP contribution is 2.37. The quantitative estimate of drug-likeness (QED) is 0.588. The second-order valence-electron chi connectivity index (χ2n) is 3.87. The van der Waals surface area contributed by atoms with Gasteiger partial charge in [0.15, 0.2) is 10.1 Å². The molecule has 0 atom stereocenters. The molecule has 1 aromatic heterocycles. The predicted octanol–water partition coefficient (Wildman–Crippen LogP) is 3.89. The van der Waals surface area contributed by atoms with Crippen LogP contribution in [0.3, 0.4) is 0 Å². The summed E-state index contributed by atoms with van der Waals surface area (Å²) in [5.74, 6) is -0.0768. The largest absolute Gasteiger partial charge is 0.293 e. The Morgan fingerprint density at radius 1 is 1.50 bits per heavy atom. The standard InChI is InChI=1S/C9H12ClNOS2/c1-5(12)6-7(10)13-8(11-6)14-9(2,3)4/h1-4H3. The van der Waals surface area contributed by atoms with Crippen molar-refractivity contribution in [1.82, 2.24) is 4.98 Å². The van der Waals surface area contributed by atoms with Crippen LogP contribution in [0.15, 0.2) is 4.34 Å². The van der Waals surface area contributed by atoms with E-state index in [0.29, 0.717) is 10.0 Å². The summed E-state index contributed by atoms with van der Waals surface area (Å²) in [6.45, 7) is 7.77. The van der Waals surface area contributed by atoms with Gasteiger partial charge in [-0.25, -0.2) is 4.98 Å². The van der Waals surface area contributed by atoms with Crippen molar-refractivity contribution in [2.45, 2.75) is 36.8 Å². The molecule has 0 bridgehead atoms. The molecule has 0 fully saturated rings. The Balaban J connectivity index is 2.92. The maximum Gasteiger partial charge on any atom is 0.180 e. The van der Waals surface area contributed by atoms with Crippen molar-refractivity contribution >= 4 is 40.5 Å². The van der Waals surface area contributed by atoms with E-state index in [1.807, 2.05) is 0 Å². The molecule has 1 heterocycles. The molecular formula is C9H12ClNOS2. The number of thioether (sulfide) groups is 1. The molecular weight excluding hydrogens is 238 g/mol. The molecule has 0 aromatic carbocycles. The van der Waals surface area contributed by atoms with Crippen molar-refractivity contribution in [3.8, 4) is 0 Å². The van der Waals surface area contributed by atoms with E-state index >= 15 is 0 Å². The van der Waals surface area contributed by atoms with Gasteiger partial charge < -0.3 is 0 Å². The fourth-order valence-corrected chi connectivity index (χ4v) is 3.74. The van der Waals surface area contributed by atoms with E-state index in [1.165, 1.54) is 18.3 Å². The van der Waals surface area contributed by atoms with E-state index < -0.39 is 0 Å². The molecule has 0 radical (unpaired) electrons. The molecule has 0 aliphatic rings. The monoisotopic (exact) mass is 249 g/mol. The van der Waals surface area contributed by atoms with Crippen molar-refractivity contribution < 1.29 is 4.79 Å². The van der Waals surface area contributed by atoms with Crippen LogP contribution in [0.25, 0.3) is 0 Å². The Bertz CT molecular complexity index is 354. The smallest absolute Gasteiger partial charge is 0.180 e. The molecule has 2 nitrogen and oxygen atoms in total. The van der Waals surface area contributed by atoms with E-state index in [9.17, 15) is 4.79 Å². The molecule has 0 aliphatic heterocycles. The van der Waals surface area contributed by atoms with Gasteiger partial charge in [0.1, 0.15) is 10.0 Å². The molecule has 0 N–H and O–H groups in total. The SMILES string of the molecule is CC(=O)c1nc(SC(C)(C)C)sc1Cl. The molecule has 0 unspecified atom stereocenters. The Labute approximate surface area is 97.1 Å². The summed E-state index contributed by atoms with van der Waals surface area (Å²) in [5.41, 5.74) is 0.392. The lowest BCUT2D eigenvalue weighted by molar-refractivity contribution is 0.101. The molecule has 0 saturated heterocycles. The van der Waals surface area contributed by atoms with E-state index in [2.05, 4.69) is 25.8 Å². The summed E-state index contributed by atoms with van der Waals surface area (Å²) in [7, 11) is 0. The summed E-state index contributed by atoms with van der Waals surface area (Å²) in [5, 5.41) is 0. The van der Waals surface area contributed by atoms with Gasteiger partial charge >= 0.3 is 0 Å². The molecule has 0 aliphatic carbocycles. The van der Waals surface area contributed by atoms with Gasteiger partial charge in [-0.05, 0) is 0 Å². The number of aromatic nitrogens is 1. The fourth-order valence-electron chi connectivity index (χ4n) is 0.806. The first kappa shape index (κ1) is 12.0. The van der Waals surface area contributed by atoms with Gasteiger partial charge in [-0.3, -0.25) is 4.79 Å². The second kappa shape index (κ2) is 4.21. The summed E-state index contributed by atoms with van der Waals surface area (Å²) in [6.07, 6.45) is 0. The molecule has 0 saturated carbocycles. The first-order chi connectivity index (χ1) is 6.29. The highest BCUT2D eigenvalue weighted by atomic mass is 35.5. The number of Topliss-reactive ketones (excluding diaryl/α,β-unsaturated/α-hetero) is 1. The number of hydrogen-bond donors (Lipinski definition) is 0. The Morgan fingerprint density at radius 3 is 2.43 bits per heavy atom. The zero-order valence-corrected chi connectivity index (χ0v) is 10.9. The Kier molecular flexibility index (Phi) is 3.61.